The minimum atomic E-state index is -1.37. The highest BCUT2D eigenvalue weighted by atomic mass is 16.7. The summed E-state index contributed by atoms with van der Waals surface area (Å²) in [5.74, 6) is -0.189. The van der Waals surface area contributed by atoms with Gasteiger partial charge in [-0.3, -0.25) is 4.79 Å². The van der Waals surface area contributed by atoms with Crippen molar-refractivity contribution in [2.45, 2.75) is 82.5 Å². The first-order valence-corrected chi connectivity index (χ1v) is 10.2. The minimum Gasteiger partial charge on any atom is -0.469 e. The number of rotatable bonds is 13. The Morgan fingerprint density at radius 1 is 1.03 bits per heavy atom. The topological polar surface area (TPSA) is 144 Å². The van der Waals surface area contributed by atoms with Crippen LogP contribution in [0.1, 0.15) is 51.9 Å². The number of alkyl carbamates (subject to hydrolysis) is 1. The quantitative estimate of drug-likeness (QED) is 0.246. The summed E-state index contributed by atoms with van der Waals surface area (Å²) in [5.41, 5.74) is 0. The second-order valence-corrected chi connectivity index (χ2v) is 6.92. The van der Waals surface area contributed by atoms with E-state index in [0.717, 1.165) is 38.5 Å². The van der Waals surface area contributed by atoms with Crippen LogP contribution in [-0.4, -0.2) is 85.0 Å². The number of esters is 1. The second kappa shape index (κ2) is 14.5. The highest BCUT2D eigenvalue weighted by Gasteiger charge is 2.45. The maximum absolute atomic E-state index is 11.7. The summed E-state index contributed by atoms with van der Waals surface area (Å²) in [4.78, 5) is 22.7. The van der Waals surface area contributed by atoms with Gasteiger partial charge >= 0.3 is 12.1 Å². The molecule has 0 saturated carbocycles. The maximum Gasteiger partial charge on any atom is 0.407 e. The lowest BCUT2D eigenvalue weighted by Gasteiger charge is -2.42. The molecule has 1 amide bonds. The Balaban J connectivity index is 2.35. The molecule has 1 aliphatic heterocycles. The number of hydrogen-bond donors (Lipinski definition) is 4. The maximum atomic E-state index is 11.7. The third-order valence-corrected chi connectivity index (χ3v) is 4.73. The Bertz CT molecular complexity index is 477. The van der Waals surface area contributed by atoms with Gasteiger partial charge in [-0.1, -0.05) is 25.7 Å². The van der Waals surface area contributed by atoms with Crippen molar-refractivity contribution in [2.24, 2.45) is 0 Å². The summed E-state index contributed by atoms with van der Waals surface area (Å²) < 4.78 is 20.6. The zero-order chi connectivity index (χ0) is 21.6. The van der Waals surface area contributed by atoms with Gasteiger partial charge in [-0.2, -0.15) is 0 Å². The van der Waals surface area contributed by atoms with E-state index in [0.29, 0.717) is 13.0 Å². The molecule has 1 heterocycles. The molecule has 29 heavy (non-hydrogen) atoms. The fourth-order valence-electron chi connectivity index (χ4n) is 3.07. The largest absolute Gasteiger partial charge is 0.469 e. The number of carbonyl (C=O) groups excluding carboxylic acids is 2. The highest BCUT2D eigenvalue weighted by molar-refractivity contribution is 5.69. The van der Waals surface area contributed by atoms with Gasteiger partial charge in [0, 0.05) is 13.0 Å². The van der Waals surface area contributed by atoms with Crippen molar-refractivity contribution in [1.29, 1.82) is 0 Å². The van der Waals surface area contributed by atoms with E-state index in [2.05, 4.69) is 10.1 Å². The molecule has 4 N–H and O–H groups in total. The summed E-state index contributed by atoms with van der Waals surface area (Å²) in [6.45, 7) is 1.64. The molecule has 0 spiro atoms. The zero-order valence-electron chi connectivity index (χ0n) is 17.2. The average Bonchev–Trinajstić information content (AvgIpc) is 2.71. The molecule has 5 atom stereocenters. The van der Waals surface area contributed by atoms with Crippen LogP contribution in [0.3, 0.4) is 0 Å². The molecule has 1 fully saturated rings. The molecule has 3 unspecified atom stereocenters. The van der Waals surface area contributed by atoms with Crippen LogP contribution in [0, 0.1) is 0 Å². The molecule has 0 radical (unpaired) electrons. The molecule has 1 aliphatic rings. The lowest BCUT2D eigenvalue weighted by molar-refractivity contribution is -0.269. The van der Waals surface area contributed by atoms with Gasteiger partial charge in [0.15, 0.2) is 6.29 Å². The van der Waals surface area contributed by atoms with Crippen LogP contribution in [-0.2, 0) is 23.7 Å². The van der Waals surface area contributed by atoms with Crippen molar-refractivity contribution < 1.29 is 43.9 Å². The van der Waals surface area contributed by atoms with Gasteiger partial charge in [0.05, 0.1) is 20.3 Å². The number of methoxy groups -OCH3 is 1. The third-order valence-electron chi connectivity index (χ3n) is 4.73. The minimum absolute atomic E-state index is 0.155. The number of carbonyl (C=O) groups is 2. The van der Waals surface area contributed by atoms with Gasteiger partial charge in [0.2, 0.25) is 0 Å². The van der Waals surface area contributed by atoms with E-state index in [1.165, 1.54) is 7.11 Å². The van der Waals surface area contributed by atoms with E-state index in [1.54, 1.807) is 6.92 Å². The molecule has 0 aromatic carbocycles. The van der Waals surface area contributed by atoms with Crippen LogP contribution in [0.4, 0.5) is 4.79 Å². The molecule has 0 aromatic rings. The van der Waals surface area contributed by atoms with Crippen LogP contribution in [0.25, 0.3) is 0 Å². The molecule has 170 valence electrons. The van der Waals surface area contributed by atoms with E-state index in [4.69, 9.17) is 14.2 Å². The molecule has 0 aromatic heterocycles. The monoisotopic (exact) mass is 421 g/mol. The van der Waals surface area contributed by atoms with Crippen molar-refractivity contribution in [3.05, 3.63) is 0 Å². The number of unbranched alkanes of at least 4 members (excludes halogenated alkanes) is 5. The van der Waals surface area contributed by atoms with E-state index < -0.39 is 43.3 Å². The summed E-state index contributed by atoms with van der Waals surface area (Å²) >= 11 is 0. The third kappa shape index (κ3) is 9.26. The number of ether oxygens (including phenoxy) is 4. The lowest BCUT2D eigenvalue weighted by atomic mass is 9.97. The van der Waals surface area contributed by atoms with Gasteiger partial charge < -0.3 is 39.6 Å². The Morgan fingerprint density at radius 3 is 2.31 bits per heavy atom. The Labute approximate surface area is 171 Å². The zero-order valence-corrected chi connectivity index (χ0v) is 17.2. The van der Waals surface area contributed by atoms with E-state index in [-0.39, 0.29) is 12.6 Å². The van der Waals surface area contributed by atoms with Crippen LogP contribution in [0.15, 0.2) is 0 Å². The summed E-state index contributed by atoms with van der Waals surface area (Å²) in [5, 5.41) is 32.1. The van der Waals surface area contributed by atoms with Gasteiger partial charge in [0.25, 0.3) is 0 Å². The first-order valence-electron chi connectivity index (χ1n) is 10.2. The van der Waals surface area contributed by atoms with Crippen molar-refractivity contribution in [2.75, 3.05) is 26.9 Å². The normalized spacial score (nSPS) is 26.7. The van der Waals surface area contributed by atoms with Gasteiger partial charge in [-0.15, -0.1) is 0 Å². The predicted octanol–water partition coefficient (Wildman–Crippen LogP) is 0.460. The second-order valence-electron chi connectivity index (χ2n) is 6.92. The molecular formula is C19H35NO9. The smallest absolute Gasteiger partial charge is 0.407 e. The first kappa shape index (κ1) is 25.6. The SMILES string of the molecule is CCOC(=O)NC1C(O)[C@@H](O)C(CO)O[C@H]1OCCCCCCCCC(=O)OC. The molecular weight excluding hydrogens is 386 g/mol. The van der Waals surface area contributed by atoms with Crippen LogP contribution in [0.2, 0.25) is 0 Å². The van der Waals surface area contributed by atoms with Crippen molar-refractivity contribution in [1.82, 2.24) is 5.32 Å². The fraction of sp³-hybridized carbons (Fsp3) is 0.895. The van der Waals surface area contributed by atoms with E-state index in [9.17, 15) is 24.9 Å². The molecule has 10 heteroatoms. The summed E-state index contributed by atoms with van der Waals surface area (Å²) in [6.07, 6.45) is 0.327. The molecule has 1 rings (SSSR count). The molecule has 1 saturated heterocycles. The Kier molecular flexibility index (Phi) is 12.8. The number of aliphatic hydroxyl groups is 3. The lowest BCUT2D eigenvalue weighted by Crippen LogP contribution is -2.64. The van der Waals surface area contributed by atoms with Gasteiger partial charge in [0.1, 0.15) is 24.4 Å². The van der Waals surface area contributed by atoms with Crippen molar-refractivity contribution >= 4 is 12.1 Å². The molecule has 0 aliphatic carbocycles. The molecule has 10 nitrogen and oxygen atoms in total. The van der Waals surface area contributed by atoms with Crippen molar-refractivity contribution in [3.8, 4) is 0 Å². The van der Waals surface area contributed by atoms with E-state index >= 15 is 0 Å². The fourth-order valence-corrected chi connectivity index (χ4v) is 3.07. The highest BCUT2D eigenvalue weighted by Crippen LogP contribution is 2.22. The Hall–Kier alpha value is -1.46. The average molecular weight is 421 g/mol. The number of hydrogen-bond acceptors (Lipinski definition) is 9. The summed E-state index contributed by atoms with van der Waals surface area (Å²) in [6, 6.07) is -1.02. The van der Waals surface area contributed by atoms with Crippen LogP contribution in [0.5, 0.6) is 0 Å². The van der Waals surface area contributed by atoms with E-state index in [1.807, 2.05) is 0 Å². The summed E-state index contributed by atoms with van der Waals surface area (Å²) in [7, 11) is 1.38. The number of nitrogens with one attached hydrogen (secondary N) is 1. The predicted molar refractivity (Wildman–Crippen MR) is 102 cm³/mol. The van der Waals surface area contributed by atoms with Crippen LogP contribution < -0.4 is 5.32 Å². The van der Waals surface area contributed by atoms with Gasteiger partial charge in [-0.25, -0.2) is 4.79 Å². The first-order chi connectivity index (χ1) is 13.9. The Morgan fingerprint density at radius 2 is 1.69 bits per heavy atom. The van der Waals surface area contributed by atoms with Crippen molar-refractivity contribution in [3.63, 3.8) is 0 Å². The number of amides is 1. The standard InChI is InChI=1S/C19H35NO9/c1-3-27-19(25)20-15-17(24)16(23)13(12-21)29-18(15)28-11-9-7-5-4-6-8-10-14(22)26-2/h13,15-18,21,23-24H,3-12H2,1-2H3,(H,20,25)/t13?,15?,16-,17?,18+/m0/s1. The molecule has 0 bridgehead atoms. The van der Waals surface area contributed by atoms with Crippen LogP contribution >= 0.6 is 0 Å². The van der Waals surface area contributed by atoms with Gasteiger partial charge in [-0.05, 0) is 19.8 Å². The number of aliphatic hydroxyl groups excluding tert-OH is 3.